The van der Waals surface area contributed by atoms with E-state index in [4.69, 9.17) is 9.26 Å². The van der Waals surface area contributed by atoms with Gasteiger partial charge in [0.1, 0.15) is 11.4 Å². The van der Waals surface area contributed by atoms with E-state index in [9.17, 15) is 14.4 Å². The lowest BCUT2D eigenvalue weighted by molar-refractivity contribution is -0.153. The molecule has 0 radical (unpaired) electrons. The minimum Gasteiger partial charge on any atom is -0.372 e. The predicted octanol–water partition coefficient (Wildman–Crippen LogP) is 1.26. The van der Waals surface area contributed by atoms with Crippen molar-refractivity contribution in [3.63, 3.8) is 0 Å². The van der Waals surface area contributed by atoms with E-state index in [1.54, 1.807) is 42.0 Å². The van der Waals surface area contributed by atoms with Crippen LogP contribution in [0.25, 0.3) is 22.4 Å². The number of anilines is 1. The Labute approximate surface area is 192 Å². The van der Waals surface area contributed by atoms with Crippen LogP contribution in [-0.4, -0.2) is 57.3 Å². The molecule has 0 unspecified atom stereocenters. The summed E-state index contributed by atoms with van der Waals surface area (Å²) in [6, 6.07) is -0.0307. The zero-order valence-electron chi connectivity index (χ0n) is 18.6. The second-order valence-electron chi connectivity index (χ2n) is 9.17. The van der Waals surface area contributed by atoms with Gasteiger partial charge in [0, 0.05) is 26.2 Å². The first kappa shape index (κ1) is 20.8. The Morgan fingerprint density at radius 2 is 1.94 bits per heavy atom. The highest BCUT2D eigenvalue weighted by atomic mass is 19.1. The van der Waals surface area contributed by atoms with E-state index in [2.05, 4.69) is 20.8 Å². The van der Waals surface area contributed by atoms with Crippen molar-refractivity contribution >= 4 is 34.5 Å². The fourth-order valence-electron chi connectivity index (χ4n) is 5.67. The van der Waals surface area contributed by atoms with Gasteiger partial charge in [0.2, 0.25) is 17.4 Å². The van der Waals surface area contributed by atoms with E-state index < -0.39 is 41.2 Å². The molecule has 2 aromatic heterocycles. The molecular weight excluding hydrogens is 447 g/mol. The van der Waals surface area contributed by atoms with E-state index in [1.807, 2.05) is 6.92 Å². The van der Waals surface area contributed by atoms with E-state index in [1.165, 1.54) is 0 Å². The van der Waals surface area contributed by atoms with E-state index in [-0.39, 0.29) is 30.3 Å². The van der Waals surface area contributed by atoms with E-state index in [0.717, 1.165) is 0 Å². The fourth-order valence-corrected chi connectivity index (χ4v) is 5.67. The molecule has 5 heterocycles. The standard InChI is InChI=1S/C22H21FN6O5/c1-9-6-29-16-11(4-12-15(13-7-28(3)8-24-13)27-34-17(12)14(16)23)5-22(18(29)10(2)33-9)19(30)25-21(32)26-20(22)31/h4,7-10,18H,5-6H2,1-3H3,(H2,25,26,30,31,32)/t9-,10+,18-/m0/s1. The molecule has 0 saturated carbocycles. The SMILES string of the molecule is C[C@H]1CN2c3c(cc4c(-c5cn(C)cn5)noc4c3F)CC3(C(=O)NC(=O)NC3=O)[C@@H]2[C@@H](C)O1. The molecule has 11 nitrogen and oxygen atoms in total. The average Bonchev–Trinajstić information content (AvgIpc) is 3.37. The van der Waals surface area contributed by atoms with Crippen molar-refractivity contribution < 1.29 is 28.0 Å². The van der Waals surface area contributed by atoms with Crippen molar-refractivity contribution in [2.75, 3.05) is 11.4 Å². The Morgan fingerprint density at radius 1 is 1.21 bits per heavy atom. The number of nitrogens with one attached hydrogen (secondary N) is 2. The molecule has 2 fully saturated rings. The smallest absolute Gasteiger partial charge is 0.328 e. The van der Waals surface area contributed by atoms with Gasteiger partial charge >= 0.3 is 6.03 Å². The van der Waals surface area contributed by atoms with Crippen LogP contribution in [0, 0.1) is 11.2 Å². The number of urea groups is 1. The van der Waals surface area contributed by atoms with Crippen LogP contribution in [0.15, 0.2) is 23.1 Å². The molecule has 0 aliphatic carbocycles. The third kappa shape index (κ3) is 2.62. The van der Waals surface area contributed by atoms with Crippen LogP contribution in [-0.2, 0) is 27.8 Å². The van der Waals surface area contributed by atoms with Crippen molar-refractivity contribution in [2.24, 2.45) is 12.5 Å². The number of aryl methyl sites for hydroxylation is 1. The number of amides is 4. The van der Waals surface area contributed by atoms with Crippen LogP contribution < -0.4 is 15.5 Å². The van der Waals surface area contributed by atoms with Crippen LogP contribution in [0.3, 0.4) is 0 Å². The Morgan fingerprint density at radius 3 is 2.62 bits per heavy atom. The highest BCUT2D eigenvalue weighted by molar-refractivity contribution is 6.20. The molecule has 176 valence electrons. The number of hydrogen-bond acceptors (Lipinski definition) is 8. The van der Waals surface area contributed by atoms with Crippen LogP contribution >= 0.6 is 0 Å². The van der Waals surface area contributed by atoms with Gasteiger partial charge < -0.3 is 18.7 Å². The zero-order valence-corrected chi connectivity index (χ0v) is 18.6. The first-order valence-corrected chi connectivity index (χ1v) is 10.9. The largest absolute Gasteiger partial charge is 0.372 e. The van der Waals surface area contributed by atoms with Crippen LogP contribution in [0.5, 0.6) is 0 Å². The topological polar surface area (TPSA) is 132 Å². The number of ether oxygens (including phenoxy) is 1. The molecule has 2 N–H and O–H groups in total. The second-order valence-corrected chi connectivity index (χ2v) is 9.17. The summed E-state index contributed by atoms with van der Waals surface area (Å²) < 4.78 is 29.1. The summed E-state index contributed by atoms with van der Waals surface area (Å²) in [7, 11) is 1.80. The summed E-state index contributed by atoms with van der Waals surface area (Å²) >= 11 is 0. The van der Waals surface area contributed by atoms with Crippen molar-refractivity contribution in [1.29, 1.82) is 0 Å². The number of fused-ring (bicyclic) bond motifs is 5. The van der Waals surface area contributed by atoms with Crippen molar-refractivity contribution in [1.82, 2.24) is 25.3 Å². The van der Waals surface area contributed by atoms with E-state index in [0.29, 0.717) is 22.3 Å². The number of morpholine rings is 1. The number of nitrogens with zero attached hydrogens (tertiary/aromatic N) is 4. The number of rotatable bonds is 1. The minimum absolute atomic E-state index is 0.0337. The van der Waals surface area contributed by atoms with Gasteiger partial charge in [-0.05, 0) is 25.5 Å². The maximum Gasteiger partial charge on any atom is 0.328 e. The molecule has 6 rings (SSSR count). The molecule has 1 spiro atoms. The second kappa shape index (κ2) is 6.86. The monoisotopic (exact) mass is 468 g/mol. The Balaban J connectivity index is 1.60. The minimum atomic E-state index is -1.69. The molecule has 12 heteroatoms. The lowest BCUT2D eigenvalue weighted by Gasteiger charge is -2.55. The number of carbonyl (C=O) groups excluding carboxylic acids is 3. The highest BCUT2D eigenvalue weighted by Crippen LogP contribution is 2.49. The summed E-state index contributed by atoms with van der Waals surface area (Å²) in [6.45, 7) is 3.81. The van der Waals surface area contributed by atoms with Crippen LogP contribution in [0.2, 0.25) is 0 Å². The van der Waals surface area contributed by atoms with Crippen LogP contribution in [0.1, 0.15) is 19.4 Å². The molecule has 3 atom stereocenters. The number of imidazole rings is 1. The first-order chi connectivity index (χ1) is 16.2. The van der Waals surface area contributed by atoms with Crippen molar-refractivity contribution in [3.05, 3.63) is 30.0 Å². The molecule has 1 aromatic carbocycles. The maximum absolute atomic E-state index is 16.0. The number of imide groups is 2. The summed E-state index contributed by atoms with van der Waals surface area (Å²) in [5, 5.41) is 8.88. The summed E-state index contributed by atoms with van der Waals surface area (Å²) in [5.41, 5.74) is -0.202. The number of halogens is 1. The number of carbonyl (C=O) groups is 3. The van der Waals surface area contributed by atoms with Gasteiger partial charge in [0.25, 0.3) is 0 Å². The molecule has 34 heavy (non-hydrogen) atoms. The molecule has 4 amide bonds. The van der Waals surface area contributed by atoms with Crippen LogP contribution in [0.4, 0.5) is 14.9 Å². The zero-order chi connectivity index (χ0) is 23.9. The number of aromatic nitrogens is 3. The average molecular weight is 468 g/mol. The molecule has 3 aliphatic rings. The number of barbiturate groups is 1. The lowest BCUT2D eigenvalue weighted by Crippen LogP contribution is -2.75. The number of hydrogen-bond donors (Lipinski definition) is 2. The predicted molar refractivity (Wildman–Crippen MR) is 115 cm³/mol. The van der Waals surface area contributed by atoms with Gasteiger partial charge in [-0.15, -0.1) is 0 Å². The molecule has 3 aromatic rings. The maximum atomic E-state index is 16.0. The van der Waals surface area contributed by atoms with Gasteiger partial charge in [-0.1, -0.05) is 5.16 Å². The lowest BCUT2D eigenvalue weighted by atomic mass is 9.66. The van der Waals surface area contributed by atoms with Gasteiger partial charge in [-0.2, -0.15) is 0 Å². The Hall–Kier alpha value is -3.80. The summed E-state index contributed by atoms with van der Waals surface area (Å²) in [6.07, 6.45) is 2.30. The van der Waals surface area contributed by atoms with Gasteiger partial charge in [-0.3, -0.25) is 20.2 Å². The van der Waals surface area contributed by atoms with Gasteiger partial charge in [0.05, 0.1) is 35.7 Å². The normalized spacial score (nSPS) is 25.8. The molecular formula is C22H21FN6O5. The third-order valence-corrected chi connectivity index (χ3v) is 6.91. The van der Waals surface area contributed by atoms with Crippen molar-refractivity contribution in [2.45, 2.75) is 38.5 Å². The first-order valence-electron chi connectivity index (χ1n) is 10.9. The Bertz CT molecular complexity index is 1380. The highest BCUT2D eigenvalue weighted by Gasteiger charge is 2.63. The van der Waals surface area contributed by atoms with Crippen molar-refractivity contribution in [3.8, 4) is 11.4 Å². The summed E-state index contributed by atoms with van der Waals surface area (Å²) in [5.74, 6) is -2.10. The van der Waals surface area contributed by atoms with Gasteiger partial charge in [-0.25, -0.2) is 14.2 Å². The van der Waals surface area contributed by atoms with E-state index >= 15 is 4.39 Å². The number of benzene rings is 1. The third-order valence-electron chi connectivity index (χ3n) is 6.91. The molecule has 0 bridgehead atoms. The quantitative estimate of drug-likeness (QED) is 0.511. The molecule has 2 saturated heterocycles. The molecule has 3 aliphatic heterocycles. The fraction of sp³-hybridized carbons (Fsp3) is 0.409. The van der Waals surface area contributed by atoms with Gasteiger partial charge in [0.15, 0.2) is 11.2 Å². The summed E-state index contributed by atoms with van der Waals surface area (Å²) in [4.78, 5) is 44.3. The Kier molecular flexibility index (Phi) is 4.19.